The predicted octanol–water partition coefficient (Wildman–Crippen LogP) is 3.20. The topological polar surface area (TPSA) is 131 Å². The number of aryl methyl sites for hydroxylation is 1. The minimum atomic E-state index is -1.16. The molecule has 0 fully saturated rings. The van der Waals surface area contributed by atoms with E-state index in [4.69, 9.17) is 0 Å². The third-order valence-electron chi connectivity index (χ3n) is 3.69. The Balaban J connectivity index is 2.09. The lowest BCUT2D eigenvalue weighted by molar-refractivity contribution is -0.384. The molecule has 26 heavy (non-hydrogen) atoms. The summed E-state index contributed by atoms with van der Waals surface area (Å²) < 4.78 is 0. The van der Waals surface area contributed by atoms with E-state index < -0.39 is 10.9 Å². The number of carbonyl (C=O) groups is 1. The molecule has 2 heterocycles. The van der Waals surface area contributed by atoms with Crippen LogP contribution in [0.1, 0.15) is 15.9 Å². The molecule has 2 aromatic heterocycles. The summed E-state index contributed by atoms with van der Waals surface area (Å²) in [6.07, 6.45) is 3.98. The number of non-ortho nitro benzene ring substituents is 1. The molecule has 0 saturated carbocycles. The summed E-state index contributed by atoms with van der Waals surface area (Å²) in [5.41, 5.74) is 1.77. The fourth-order valence-electron chi connectivity index (χ4n) is 2.38. The zero-order valence-corrected chi connectivity index (χ0v) is 13.6. The van der Waals surface area contributed by atoms with Gasteiger partial charge in [0.05, 0.1) is 10.6 Å². The lowest BCUT2D eigenvalue weighted by Crippen LogP contribution is -2.05. The van der Waals surface area contributed by atoms with Crippen molar-refractivity contribution in [2.24, 2.45) is 0 Å². The van der Waals surface area contributed by atoms with Crippen molar-refractivity contribution in [3.8, 4) is 11.3 Å². The van der Waals surface area contributed by atoms with Gasteiger partial charge in [0.2, 0.25) is 0 Å². The molecule has 0 radical (unpaired) electrons. The van der Waals surface area contributed by atoms with Crippen LogP contribution in [-0.2, 0) is 0 Å². The van der Waals surface area contributed by atoms with Crippen molar-refractivity contribution in [3.05, 3.63) is 70.3 Å². The zero-order chi connectivity index (χ0) is 18.7. The second-order valence-electron chi connectivity index (χ2n) is 5.37. The van der Waals surface area contributed by atoms with Crippen LogP contribution in [0.2, 0.25) is 0 Å². The molecular weight excluding hydrogens is 338 g/mol. The fourth-order valence-corrected chi connectivity index (χ4v) is 2.38. The molecule has 0 amide bonds. The molecule has 1 aromatic carbocycles. The maximum absolute atomic E-state index is 11.4. The minimum absolute atomic E-state index is 0.0659. The molecule has 0 bridgehead atoms. The van der Waals surface area contributed by atoms with Crippen LogP contribution in [0.25, 0.3) is 11.3 Å². The summed E-state index contributed by atoms with van der Waals surface area (Å²) in [6, 6.07) is 7.74. The summed E-state index contributed by atoms with van der Waals surface area (Å²) in [4.78, 5) is 34.0. The van der Waals surface area contributed by atoms with Crippen LogP contribution in [0.4, 0.5) is 17.2 Å². The summed E-state index contributed by atoms with van der Waals surface area (Å²) in [5.74, 6) is -0.834. The van der Waals surface area contributed by atoms with Gasteiger partial charge in [0.25, 0.3) is 5.69 Å². The van der Waals surface area contributed by atoms with Crippen LogP contribution in [0, 0.1) is 17.0 Å². The first-order valence-corrected chi connectivity index (χ1v) is 7.48. The fraction of sp³-hybridized carbons (Fsp3) is 0.0588. The second-order valence-corrected chi connectivity index (χ2v) is 5.37. The van der Waals surface area contributed by atoms with E-state index in [9.17, 15) is 20.0 Å². The normalized spacial score (nSPS) is 10.3. The Morgan fingerprint density at radius 2 is 2.08 bits per heavy atom. The lowest BCUT2D eigenvalue weighted by Gasteiger charge is -2.13. The van der Waals surface area contributed by atoms with E-state index in [1.165, 1.54) is 30.9 Å². The van der Waals surface area contributed by atoms with Crippen LogP contribution in [0.15, 0.2) is 49.1 Å². The minimum Gasteiger partial charge on any atom is -0.478 e. The van der Waals surface area contributed by atoms with Crippen molar-refractivity contribution in [3.63, 3.8) is 0 Å². The standard InChI is InChI=1S/C17H13N5O4/c1-10-4-5-11(22(25)26)7-14(10)21-16-12(3-2-6-19-16)15-13(17(23)24)8-18-9-20-15/h2-9H,1H3,(H,19,21)(H,23,24). The van der Waals surface area contributed by atoms with Crippen LogP contribution in [-0.4, -0.2) is 31.0 Å². The highest BCUT2D eigenvalue weighted by Gasteiger charge is 2.18. The molecule has 0 unspecified atom stereocenters. The Bertz CT molecular complexity index is 1010. The first kappa shape index (κ1) is 17.0. The SMILES string of the molecule is Cc1ccc([N+](=O)[O-])cc1Nc1ncccc1-c1ncncc1C(=O)O. The van der Waals surface area contributed by atoms with Gasteiger partial charge in [-0.05, 0) is 24.6 Å². The number of anilines is 2. The van der Waals surface area contributed by atoms with Gasteiger partial charge in [0, 0.05) is 35.8 Å². The first-order chi connectivity index (χ1) is 12.5. The van der Waals surface area contributed by atoms with Crippen molar-refractivity contribution in [1.82, 2.24) is 15.0 Å². The van der Waals surface area contributed by atoms with Gasteiger partial charge in [-0.15, -0.1) is 0 Å². The molecule has 0 atom stereocenters. The van der Waals surface area contributed by atoms with Crippen LogP contribution in [0.5, 0.6) is 0 Å². The lowest BCUT2D eigenvalue weighted by atomic mass is 10.1. The van der Waals surface area contributed by atoms with Crippen LogP contribution < -0.4 is 5.32 Å². The van der Waals surface area contributed by atoms with Gasteiger partial charge in [-0.3, -0.25) is 10.1 Å². The van der Waals surface area contributed by atoms with E-state index >= 15 is 0 Å². The average Bonchev–Trinajstić information content (AvgIpc) is 2.63. The number of carboxylic acids is 1. The van der Waals surface area contributed by atoms with Gasteiger partial charge < -0.3 is 10.4 Å². The van der Waals surface area contributed by atoms with E-state index in [0.717, 1.165) is 5.56 Å². The van der Waals surface area contributed by atoms with Gasteiger partial charge in [0.1, 0.15) is 17.7 Å². The summed E-state index contributed by atoms with van der Waals surface area (Å²) in [5, 5.41) is 23.4. The van der Waals surface area contributed by atoms with E-state index in [2.05, 4.69) is 20.3 Å². The number of hydrogen-bond donors (Lipinski definition) is 2. The number of nitro benzene ring substituents is 1. The molecule has 9 nitrogen and oxygen atoms in total. The Hall–Kier alpha value is -3.88. The van der Waals surface area contributed by atoms with Crippen molar-refractivity contribution >= 4 is 23.2 Å². The number of nitrogens with one attached hydrogen (secondary N) is 1. The largest absolute Gasteiger partial charge is 0.478 e. The number of pyridine rings is 1. The number of carboxylic acid groups (broad SMARTS) is 1. The molecule has 0 spiro atoms. The first-order valence-electron chi connectivity index (χ1n) is 7.48. The number of rotatable bonds is 5. The highest BCUT2D eigenvalue weighted by atomic mass is 16.6. The number of nitrogens with zero attached hydrogens (tertiary/aromatic N) is 4. The van der Waals surface area contributed by atoms with E-state index in [0.29, 0.717) is 17.1 Å². The van der Waals surface area contributed by atoms with E-state index in [1.54, 1.807) is 25.1 Å². The zero-order valence-electron chi connectivity index (χ0n) is 13.6. The van der Waals surface area contributed by atoms with Crippen LogP contribution >= 0.6 is 0 Å². The molecule has 3 rings (SSSR count). The monoisotopic (exact) mass is 351 g/mol. The van der Waals surface area contributed by atoms with Crippen molar-refractivity contribution in [2.45, 2.75) is 6.92 Å². The van der Waals surface area contributed by atoms with Crippen molar-refractivity contribution in [2.75, 3.05) is 5.32 Å². The molecule has 0 aliphatic heterocycles. The van der Waals surface area contributed by atoms with Gasteiger partial charge in [-0.2, -0.15) is 0 Å². The van der Waals surface area contributed by atoms with Crippen molar-refractivity contribution < 1.29 is 14.8 Å². The second kappa shape index (κ2) is 6.93. The Labute approximate surface area is 147 Å². The molecule has 130 valence electrons. The van der Waals surface area contributed by atoms with Gasteiger partial charge in [-0.25, -0.2) is 19.7 Å². The molecule has 3 aromatic rings. The number of nitro groups is 1. The molecule has 0 aliphatic rings. The van der Waals surface area contributed by atoms with E-state index in [-0.39, 0.29) is 16.9 Å². The highest BCUT2D eigenvalue weighted by Crippen LogP contribution is 2.31. The highest BCUT2D eigenvalue weighted by molar-refractivity contribution is 5.96. The molecule has 0 aliphatic carbocycles. The average molecular weight is 351 g/mol. The van der Waals surface area contributed by atoms with Crippen LogP contribution in [0.3, 0.4) is 0 Å². The molecule has 0 saturated heterocycles. The molecule has 9 heteroatoms. The van der Waals surface area contributed by atoms with E-state index in [1.807, 2.05) is 0 Å². The quantitative estimate of drug-likeness (QED) is 0.529. The predicted molar refractivity (Wildman–Crippen MR) is 93.3 cm³/mol. The molecule has 2 N–H and O–H groups in total. The third kappa shape index (κ3) is 3.31. The Kier molecular flexibility index (Phi) is 4.52. The Morgan fingerprint density at radius 1 is 1.27 bits per heavy atom. The Morgan fingerprint density at radius 3 is 2.81 bits per heavy atom. The number of hydrogen-bond acceptors (Lipinski definition) is 7. The summed E-state index contributed by atoms with van der Waals surface area (Å²) in [7, 11) is 0. The maximum atomic E-state index is 11.4. The van der Waals surface area contributed by atoms with Crippen molar-refractivity contribution in [1.29, 1.82) is 0 Å². The van der Waals surface area contributed by atoms with Gasteiger partial charge in [0.15, 0.2) is 0 Å². The summed E-state index contributed by atoms with van der Waals surface area (Å²) >= 11 is 0. The number of benzene rings is 1. The third-order valence-corrected chi connectivity index (χ3v) is 3.69. The van der Waals surface area contributed by atoms with Gasteiger partial charge >= 0.3 is 5.97 Å². The smallest absolute Gasteiger partial charge is 0.339 e. The van der Waals surface area contributed by atoms with Gasteiger partial charge in [-0.1, -0.05) is 6.07 Å². The maximum Gasteiger partial charge on any atom is 0.339 e. The molecular formula is C17H13N5O4. The summed E-state index contributed by atoms with van der Waals surface area (Å²) in [6.45, 7) is 1.79. The number of aromatic carboxylic acids is 1. The number of aromatic nitrogens is 3.